The summed E-state index contributed by atoms with van der Waals surface area (Å²) < 4.78 is 0. The molecule has 2 rings (SSSR count). The molecule has 1 aliphatic heterocycles. The lowest BCUT2D eigenvalue weighted by molar-refractivity contribution is -0.440. The molecule has 2 fully saturated rings. The molecular weight excluding hydrogens is 300 g/mol. The zero-order valence-corrected chi connectivity index (χ0v) is 16.3. The third-order valence-corrected chi connectivity index (χ3v) is 6.51. The standard InChI is InChI=1S/C21H38O3/c1-5-7-8-9-10-11-13-19(12-6-2)21-15-18(17(4)23-24-21)14-20(22)16(21)3/h16-19H,5-15H2,1-4H3. The van der Waals surface area contributed by atoms with E-state index in [9.17, 15) is 4.79 Å². The van der Waals surface area contributed by atoms with E-state index >= 15 is 0 Å². The smallest absolute Gasteiger partial charge is 0.139 e. The van der Waals surface area contributed by atoms with E-state index in [-0.39, 0.29) is 17.6 Å². The maximum atomic E-state index is 12.6. The summed E-state index contributed by atoms with van der Waals surface area (Å²) in [5.41, 5.74) is -0.369. The first kappa shape index (κ1) is 19.9. The second-order valence-electron chi connectivity index (χ2n) is 8.24. The van der Waals surface area contributed by atoms with Gasteiger partial charge in [-0.2, -0.15) is 0 Å². The minimum Gasteiger partial charge on any atom is -0.299 e. The van der Waals surface area contributed by atoms with Gasteiger partial charge in [0.2, 0.25) is 0 Å². The van der Waals surface area contributed by atoms with Crippen LogP contribution >= 0.6 is 0 Å². The number of Topliss-reactive ketones (excluding diaryl/α,β-unsaturated/α-hetero) is 1. The van der Waals surface area contributed by atoms with Gasteiger partial charge in [-0.15, -0.1) is 0 Å². The second-order valence-corrected chi connectivity index (χ2v) is 8.24. The van der Waals surface area contributed by atoms with Gasteiger partial charge < -0.3 is 0 Å². The van der Waals surface area contributed by atoms with Crippen molar-refractivity contribution in [2.75, 3.05) is 0 Å². The Balaban J connectivity index is 1.99. The van der Waals surface area contributed by atoms with Gasteiger partial charge in [-0.25, -0.2) is 9.78 Å². The minimum absolute atomic E-state index is 0.0297. The van der Waals surface area contributed by atoms with Crippen LogP contribution in [-0.4, -0.2) is 17.5 Å². The highest BCUT2D eigenvalue weighted by molar-refractivity contribution is 5.83. The summed E-state index contributed by atoms with van der Waals surface area (Å²) >= 11 is 0. The van der Waals surface area contributed by atoms with E-state index in [0.717, 1.165) is 19.3 Å². The second kappa shape index (κ2) is 9.33. The molecule has 0 aromatic heterocycles. The number of ketones is 1. The van der Waals surface area contributed by atoms with E-state index in [1.807, 2.05) is 6.92 Å². The Kier molecular flexibility index (Phi) is 7.74. The van der Waals surface area contributed by atoms with Crippen LogP contribution in [0.4, 0.5) is 0 Å². The molecular formula is C21H38O3. The average Bonchev–Trinajstić information content (AvgIpc) is 2.57. The number of rotatable bonds is 10. The molecule has 5 unspecified atom stereocenters. The Morgan fingerprint density at radius 3 is 2.46 bits per heavy atom. The van der Waals surface area contributed by atoms with Crippen molar-refractivity contribution < 1.29 is 14.6 Å². The summed E-state index contributed by atoms with van der Waals surface area (Å²) in [5, 5.41) is 0. The van der Waals surface area contributed by atoms with Gasteiger partial charge in [-0.05, 0) is 38.0 Å². The van der Waals surface area contributed by atoms with E-state index in [2.05, 4.69) is 20.8 Å². The van der Waals surface area contributed by atoms with Gasteiger partial charge in [0, 0.05) is 12.3 Å². The molecule has 1 saturated carbocycles. The Morgan fingerprint density at radius 1 is 1.04 bits per heavy atom. The molecule has 0 radical (unpaired) electrons. The fraction of sp³-hybridized carbons (Fsp3) is 0.952. The van der Waals surface area contributed by atoms with Crippen LogP contribution in [0.1, 0.15) is 98.3 Å². The monoisotopic (exact) mass is 338 g/mol. The molecule has 1 aliphatic carbocycles. The van der Waals surface area contributed by atoms with Crippen molar-refractivity contribution in [2.24, 2.45) is 17.8 Å². The Bertz CT molecular complexity index is 395. The third-order valence-electron chi connectivity index (χ3n) is 6.51. The number of hydrogen-bond acceptors (Lipinski definition) is 3. The highest BCUT2D eigenvalue weighted by Gasteiger charge is 2.56. The largest absolute Gasteiger partial charge is 0.299 e. The lowest BCUT2D eigenvalue weighted by atomic mass is 9.62. The van der Waals surface area contributed by atoms with Crippen molar-refractivity contribution in [1.29, 1.82) is 0 Å². The van der Waals surface area contributed by atoms with Gasteiger partial charge in [-0.3, -0.25) is 4.79 Å². The van der Waals surface area contributed by atoms with E-state index in [1.54, 1.807) is 0 Å². The van der Waals surface area contributed by atoms with Crippen molar-refractivity contribution in [3.8, 4) is 0 Å². The van der Waals surface area contributed by atoms with Gasteiger partial charge >= 0.3 is 0 Å². The van der Waals surface area contributed by atoms with Crippen LogP contribution in [0.3, 0.4) is 0 Å². The van der Waals surface area contributed by atoms with Crippen LogP contribution in [0.15, 0.2) is 0 Å². The molecule has 3 heteroatoms. The topological polar surface area (TPSA) is 35.5 Å². The van der Waals surface area contributed by atoms with E-state index < -0.39 is 0 Å². The molecule has 5 atom stereocenters. The molecule has 0 aromatic carbocycles. The molecule has 0 amide bonds. The van der Waals surface area contributed by atoms with Crippen LogP contribution in [0.25, 0.3) is 0 Å². The number of unbranched alkanes of at least 4 members (excludes halogenated alkanes) is 5. The first-order valence-corrected chi connectivity index (χ1v) is 10.4. The summed E-state index contributed by atoms with van der Waals surface area (Å²) in [6, 6.07) is 0. The number of carbonyl (C=O) groups excluding carboxylic acids is 1. The van der Waals surface area contributed by atoms with Crippen molar-refractivity contribution in [2.45, 2.75) is 110 Å². The summed E-state index contributed by atoms with van der Waals surface area (Å²) in [6.45, 7) is 8.61. The summed E-state index contributed by atoms with van der Waals surface area (Å²) in [7, 11) is 0. The van der Waals surface area contributed by atoms with Gasteiger partial charge in [0.1, 0.15) is 11.4 Å². The highest BCUT2D eigenvalue weighted by atomic mass is 17.2. The molecule has 140 valence electrons. The van der Waals surface area contributed by atoms with Crippen LogP contribution in [0, 0.1) is 17.8 Å². The molecule has 0 spiro atoms. The van der Waals surface area contributed by atoms with Gasteiger partial charge in [0.25, 0.3) is 0 Å². The average molecular weight is 339 g/mol. The molecule has 3 nitrogen and oxygen atoms in total. The molecule has 0 aromatic rings. The van der Waals surface area contributed by atoms with Crippen LogP contribution < -0.4 is 0 Å². The molecule has 1 saturated heterocycles. The van der Waals surface area contributed by atoms with E-state index in [1.165, 1.54) is 44.9 Å². The zero-order chi connectivity index (χ0) is 17.6. The molecule has 2 aliphatic rings. The molecule has 1 heterocycles. The first-order valence-electron chi connectivity index (χ1n) is 10.4. The van der Waals surface area contributed by atoms with E-state index in [0.29, 0.717) is 24.0 Å². The Morgan fingerprint density at radius 2 is 1.75 bits per heavy atom. The highest BCUT2D eigenvalue weighted by Crippen LogP contribution is 2.50. The maximum absolute atomic E-state index is 12.6. The summed E-state index contributed by atoms with van der Waals surface area (Å²) in [6.07, 6.45) is 13.1. The van der Waals surface area contributed by atoms with Crippen molar-refractivity contribution in [3.05, 3.63) is 0 Å². The van der Waals surface area contributed by atoms with Crippen molar-refractivity contribution >= 4 is 5.78 Å². The lowest BCUT2D eigenvalue weighted by Crippen LogP contribution is -2.59. The molecule has 2 bridgehead atoms. The van der Waals surface area contributed by atoms with Crippen LogP contribution in [0.5, 0.6) is 0 Å². The lowest BCUT2D eigenvalue weighted by Gasteiger charge is -2.52. The number of hydrogen-bond donors (Lipinski definition) is 0. The Labute approximate surface area is 148 Å². The van der Waals surface area contributed by atoms with E-state index in [4.69, 9.17) is 9.78 Å². The normalized spacial score (nSPS) is 34.3. The number of fused-ring (bicyclic) bond motifs is 2. The van der Waals surface area contributed by atoms with Crippen LogP contribution in [-0.2, 0) is 14.6 Å². The predicted molar refractivity (Wildman–Crippen MR) is 97.6 cm³/mol. The van der Waals surface area contributed by atoms with Gasteiger partial charge in [0.15, 0.2) is 0 Å². The third kappa shape index (κ3) is 4.40. The van der Waals surface area contributed by atoms with Crippen molar-refractivity contribution in [1.82, 2.24) is 0 Å². The quantitative estimate of drug-likeness (QED) is 0.370. The first-order chi connectivity index (χ1) is 11.5. The fourth-order valence-corrected chi connectivity index (χ4v) is 4.79. The van der Waals surface area contributed by atoms with Crippen LogP contribution in [0.2, 0.25) is 0 Å². The van der Waals surface area contributed by atoms with Gasteiger partial charge in [-0.1, -0.05) is 65.7 Å². The fourth-order valence-electron chi connectivity index (χ4n) is 4.79. The summed E-state index contributed by atoms with van der Waals surface area (Å²) in [5.74, 6) is 1.14. The zero-order valence-electron chi connectivity index (χ0n) is 16.3. The van der Waals surface area contributed by atoms with Crippen molar-refractivity contribution in [3.63, 3.8) is 0 Å². The predicted octanol–water partition coefficient (Wildman–Crippen LogP) is 5.86. The molecule has 24 heavy (non-hydrogen) atoms. The maximum Gasteiger partial charge on any atom is 0.139 e. The minimum atomic E-state index is -0.369. The Hall–Kier alpha value is -0.410. The summed E-state index contributed by atoms with van der Waals surface area (Å²) in [4.78, 5) is 24.3. The number of carbonyl (C=O) groups is 1. The SMILES string of the molecule is CCCCCCCCC(CCC)C12CC(CC(=O)C1C)C(C)OO2. The molecule has 0 N–H and O–H groups in total. The van der Waals surface area contributed by atoms with Gasteiger partial charge in [0.05, 0.1) is 6.10 Å².